The van der Waals surface area contributed by atoms with Gasteiger partial charge in [-0.3, -0.25) is 4.99 Å². The van der Waals surface area contributed by atoms with Crippen molar-refractivity contribution >= 4 is 29.2 Å². The van der Waals surface area contributed by atoms with Gasteiger partial charge in [-0.15, -0.1) is 0 Å². The lowest BCUT2D eigenvalue weighted by molar-refractivity contribution is -0.190. The Morgan fingerprint density at radius 2 is 2.00 bits per heavy atom. The fraction of sp³-hybridized carbons (Fsp3) is 0.357. The van der Waals surface area contributed by atoms with Crippen molar-refractivity contribution < 1.29 is 22.3 Å². The molecule has 0 N–H and O–H groups in total. The Labute approximate surface area is 135 Å². The molecule has 9 heteroatoms. The van der Waals surface area contributed by atoms with Crippen LogP contribution in [0.1, 0.15) is 26.3 Å². The molecule has 23 heavy (non-hydrogen) atoms. The third-order valence-corrected chi connectivity index (χ3v) is 2.74. The molecule has 0 saturated heterocycles. The van der Waals surface area contributed by atoms with Crippen LogP contribution in [0.25, 0.3) is 5.70 Å². The van der Waals surface area contributed by atoms with Gasteiger partial charge in [-0.2, -0.15) is 13.2 Å². The molecule has 1 aromatic rings. The van der Waals surface area contributed by atoms with E-state index in [0.717, 1.165) is 19.2 Å². The second kappa shape index (κ2) is 7.54. The summed E-state index contributed by atoms with van der Waals surface area (Å²) in [6.45, 7) is 7.22. The summed E-state index contributed by atoms with van der Waals surface area (Å²) >= 11 is 5.66. The number of alkyl halides is 3. The fourth-order valence-corrected chi connectivity index (χ4v) is 1.70. The molecule has 0 aromatic carbocycles. The van der Waals surface area contributed by atoms with Crippen molar-refractivity contribution in [2.75, 3.05) is 0 Å². The summed E-state index contributed by atoms with van der Waals surface area (Å²) in [5.41, 5.74) is 0.738. The first-order chi connectivity index (χ1) is 10.6. The van der Waals surface area contributed by atoms with E-state index in [1.54, 1.807) is 13.8 Å². The van der Waals surface area contributed by atoms with Crippen molar-refractivity contribution in [2.45, 2.75) is 33.1 Å². The number of nitrogens with zero attached hydrogens (tertiary/aromatic N) is 3. The number of ether oxygens (including phenoxy) is 1. The normalized spacial score (nSPS) is 15.0. The fourth-order valence-electron chi connectivity index (χ4n) is 1.57. The van der Waals surface area contributed by atoms with Crippen LogP contribution in [0.5, 0.6) is 5.88 Å². The van der Waals surface area contributed by atoms with Crippen LogP contribution in [0, 0.1) is 5.82 Å². The summed E-state index contributed by atoms with van der Waals surface area (Å²) < 4.78 is 55.7. The van der Waals surface area contributed by atoms with Crippen LogP contribution in [0.15, 0.2) is 27.9 Å². The Morgan fingerprint density at radius 3 is 2.43 bits per heavy atom. The highest BCUT2D eigenvalue weighted by Crippen LogP contribution is 2.28. The lowest BCUT2D eigenvalue weighted by Gasteiger charge is -2.17. The first-order valence-corrected chi connectivity index (χ1v) is 6.71. The first-order valence-electron chi connectivity index (χ1n) is 6.34. The highest BCUT2D eigenvalue weighted by molar-refractivity contribution is 6.64. The molecule has 0 spiro atoms. The highest BCUT2D eigenvalue weighted by atomic mass is 35.5. The van der Waals surface area contributed by atoms with Crippen LogP contribution < -0.4 is 4.74 Å². The zero-order valence-electron chi connectivity index (χ0n) is 12.6. The molecule has 4 nitrogen and oxygen atoms in total. The molecule has 0 radical (unpaired) electrons. The molecule has 0 fully saturated rings. The molecule has 1 atom stereocenters. The minimum absolute atomic E-state index is 0.184. The molecular formula is C14H14ClF4N3O. The zero-order chi connectivity index (χ0) is 17.8. The van der Waals surface area contributed by atoms with Gasteiger partial charge >= 0.3 is 6.18 Å². The SMILES string of the molecule is C=N/C(=C(C)\N=C(/C)Cl)c1cnc(O[C@@H](C)C(F)(F)F)c(F)c1. The van der Waals surface area contributed by atoms with Gasteiger partial charge in [0.25, 0.3) is 5.88 Å². The predicted molar refractivity (Wildman–Crippen MR) is 81.4 cm³/mol. The smallest absolute Gasteiger partial charge is 0.425 e. The summed E-state index contributed by atoms with van der Waals surface area (Å²) in [4.78, 5) is 11.2. The second-order valence-electron chi connectivity index (χ2n) is 4.51. The Balaban J connectivity index is 3.17. The molecule has 0 amide bonds. The predicted octanol–water partition coefficient (Wildman–Crippen LogP) is 4.60. The molecule has 0 unspecified atom stereocenters. The Bertz CT molecular complexity index is 652. The second-order valence-corrected chi connectivity index (χ2v) is 5.06. The lowest BCUT2D eigenvalue weighted by atomic mass is 10.2. The summed E-state index contributed by atoms with van der Waals surface area (Å²) in [5.74, 6) is -1.81. The third-order valence-electron chi connectivity index (χ3n) is 2.65. The van der Waals surface area contributed by atoms with E-state index in [4.69, 9.17) is 11.6 Å². The lowest BCUT2D eigenvalue weighted by Crippen LogP contribution is -2.31. The van der Waals surface area contributed by atoms with Crippen molar-refractivity contribution in [3.63, 3.8) is 0 Å². The number of hydrogen-bond donors (Lipinski definition) is 0. The molecule has 1 heterocycles. The molecule has 0 aliphatic rings. The van der Waals surface area contributed by atoms with Gasteiger partial charge in [0.1, 0.15) is 5.17 Å². The first kappa shape index (κ1) is 19.1. The third kappa shape index (κ3) is 5.31. The van der Waals surface area contributed by atoms with Gasteiger partial charge in [0.05, 0.1) is 11.4 Å². The number of allylic oxidation sites excluding steroid dienone is 1. The minimum Gasteiger partial charge on any atom is -0.463 e. The van der Waals surface area contributed by atoms with E-state index in [0.29, 0.717) is 5.70 Å². The van der Waals surface area contributed by atoms with Crippen LogP contribution in [0.2, 0.25) is 0 Å². The van der Waals surface area contributed by atoms with Crippen LogP contribution in [0.3, 0.4) is 0 Å². The van der Waals surface area contributed by atoms with Crippen molar-refractivity contribution in [3.05, 3.63) is 29.3 Å². The van der Waals surface area contributed by atoms with Gasteiger partial charge in [0.2, 0.25) is 0 Å². The van der Waals surface area contributed by atoms with Crippen molar-refractivity contribution in [3.8, 4) is 5.88 Å². The van der Waals surface area contributed by atoms with Crippen LogP contribution in [-0.2, 0) is 0 Å². The number of halogens is 5. The van der Waals surface area contributed by atoms with Crippen molar-refractivity contribution in [2.24, 2.45) is 9.98 Å². The van der Waals surface area contributed by atoms with Crippen molar-refractivity contribution in [1.82, 2.24) is 4.98 Å². The summed E-state index contributed by atoms with van der Waals surface area (Å²) in [5, 5.41) is 0.232. The molecule has 0 saturated carbocycles. The van der Waals surface area contributed by atoms with E-state index in [9.17, 15) is 17.6 Å². The van der Waals surface area contributed by atoms with Crippen molar-refractivity contribution in [1.29, 1.82) is 0 Å². The standard InChI is InChI=1S/C14H14ClF4N3O/c1-7(22-9(3)15)12(20-4)10-5-11(16)13(21-6-10)23-8(2)14(17,18)19/h5-6,8H,4H2,1-3H3/b12-7-,22-9+/t8-/m0/s1. The van der Waals surface area contributed by atoms with Gasteiger partial charge in [-0.05, 0) is 33.6 Å². The number of rotatable bonds is 5. The van der Waals surface area contributed by atoms with E-state index >= 15 is 0 Å². The molecule has 0 bridgehead atoms. The Kier molecular flexibility index (Phi) is 6.26. The quantitative estimate of drug-likeness (QED) is 0.575. The summed E-state index contributed by atoms with van der Waals surface area (Å²) in [6, 6.07) is 0.942. The van der Waals surface area contributed by atoms with Gasteiger partial charge < -0.3 is 4.74 Å². The van der Waals surface area contributed by atoms with Crippen LogP contribution in [-0.4, -0.2) is 29.2 Å². The molecule has 126 valence electrons. The average Bonchev–Trinajstić information content (AvgIpc) is 2.40. The van der Waals surface area contributed by atoms with Crippen LogP contribution in [0.4, 0.5) is 17.6 Å². The topological polar surface area (TPSA) is 46.8 Å². The molecule has 1 aromatic heterocycles. The average molecular weight is 352 g/mol. The van der Waals surface area contributed by atoms with Gasteiger partial charge in [-0.1, -0.05) is 11.6 Å². The molecular weight excluding hydrogens is 338 g/mol. The minimum atomic E-state index is -4.62. The van der Waals surface area contributed by atoms with E-state index in [2.05, 4.69) is 26.4 Å². The molecule has 0 aliphatic carbocycles. The van der Waals surface area contributed by atoms with E-state index < -0.39 is 24.0 Å². The maximum Gasteiger partial charge on any atom is 0.425 e. The maximum atomic E-state index is 13.9. The monoisotopic (exact) mass is 351 g/mol. The van der Waals surface area contributed by atoms with E-state index in [-0.39, 0.29) is 16.4 Å². The zero-order valence-corrected chi connectivity index (χ0v) is 13.3. The van der Waals surface area contributed by atoms with E-state index in [1.165, 1.54) is 0 Å². The largest absolute Gasteiger partial charge is 0.463 e. The number of aromatic nitrogens is 1. The summed E-state index contributed by atoms with van der Waals surface area (Å²) in [7, 11) is 0. The summed E-state index contributed by atoms with van der Waals surface area (Å²) in [6.07, 6.45) is -5.69. The van der Waals surface area contributed by atoms with Gasteiger partial charge in [0.15, 0.2) is 11.9 Å². The molecule has 0 aliphatic heterocycles. The highest BCUT2D eigenvalue weighted by Gasteiger charge is 2.38. The maximum absolute atomic E-state index is 13.9. The van der Waals surface area contributed by atoms with E-state index in [1.807, 2.05) is 0 Å². The van der Waals surface area contributed by atoms with Crippen LogP contribution >= 0.6 is 11.6 Å². The van der Waals surface area contributed by atoms with Gasteiger partial charge in [-0.25, -0.2) is 14.4 Å². The Morgan fingerprint density at radius 1 is 1.39 bits per heavy atom. The Hall–Kier alpha value is -1.96. The number of aliphatic imine (C=N–C) groups is 2. The number of hydrogen-bond acceptors (Lipinski definition) is 4. The number of pyridine rings is 1. The molecule has 1 rings (SSSR count). The van der Waals surface area contributed by atoms with Gasteiger partial charge in [0, 0.05) is 11.8 Å².